The second kappa shape index (κ2) is 6.07. The molecule has 6 heteroatoms. The van der Waals surface area contributed by atoms with Crippen LogP contribution in [-0.2, 0) is 12.7 Å². The van der Waals surface area contributed by atoms with Crippen LogP contribution in [0.15, 0.2) is 40.9 Å². The second-order valence-corrected chi connectivity index (χ2v) is 5.39. The van der Waals surface area contributed by atoms with Gasteiger partial charge in [-0.3, -0.25) is 0 Å². The zero-order valence-electron chi connectivity index (χ0n) is 11.2. The minimum absolute atomic E-state index is 0.00818. The number of benzene rings is 2. The largest absolute Gasteiger partial charge is 0.457 e. The van der Waals surface area contributed by atoms with Crippen LogP contribution >= 0.6 is 15.9 Å². The van der Waals surface area contributed by atoms with Crippen LogP contribution in [0.1, 0.15) is 16.7 Å². The predicted molar refractivity (Wildman–Crippen MR) is 78.3 cm³/mol. The summed E-state index contributed by atoms with van der Waals surface area (Å²) in [4.78, 5) is 0. The number of alkyl halides is 3. The monoisotopic (exact) mass is 359 g/mol. The summed E-state index contributed by atoms with van der Waals surface area (Å²) in [7, 11) is 0. The molecule has 0 fully saturated rings. The predicted octanol–water partition coefficient (Wildman–Crippen LogP) is 5.03. The first-order valence-corrected chi connectivity index (χ1v) is 6.95. The topological polar surface area (TPSA) is 35.2 Å². The number of ether oxygens (including phenoxy) is 1. The van der Waals surface area contributed by atoms with Crippen molar-refractivity contribution in [3.05, 3.63) is 57.6 Å². The highest BCUT2D eigenvalue weighted by Crippen LogP contribution is 2.35. The Morgan fingerprint density at radius 1 is 1.10 bits per heavy atom. The fourth-order valence-electron chi connectivity index (χ4n) is 1.90. The molecule has 0 saturated heterocycles. The van der Waals surface area contributed by atoms with Crippen molar-refractivity contribution in [2.75, 3.05) is 0 Å². The Hall–Kier alpha value is -1.53. The number of aryl methyl sites for hydroxylation is 1. The number of rotatable bonds is 3. The molecule has 2 nitrogen and oxygen atoms in total. The molecule has 0 amide bonds. The minimum atomic E-state index is -4.42. The highest BCUT2D eigenvalue weighted by atomic mass is 79.9. The van der Waals surface area contributed by atoms with Gasteiger partial charge in [0.1, 0.15) is 11.5 Å². The zero-order valence-corrected chi connectivity index (χ0v) is 12.8. The first kappa shape index (κ1) is 15.9. The van der Waals surface area contributed by atoms with E-state index < -0.39 is 11.7 Å². The molecule has 0 atom stereocenters. The third kappa shape index (κ3) is 3.77. The highest BCUT2D eigenvalue weighted by molar-refractivity contribution is 9.10. The molecule has 2 N–H and O–H groups in total. The lowest BCUT2D eigenvalue weighted by Gasteiger charge is -2.14. The van der Waals surface area contributed by atoms with E-state index >= 15 is 0 Å². The Morgan fingerprint density at radius 2 is 1.71 bits per heavy atom. The Balaban J connectivity index is 2.31. The van der Waals surface area contributed by atoms with Gasteiger partial charge in [0.15, 0.2) is 0 Å². The second-order valence-electron chi connectivity index (χ2n) is 4.53. The van der Waals surface area contributed by atoms with E-state index in [-0.39, 0.29) is 12.1 Å². The highest BCUT2D eigenvalue weighted by Gasteiger charge is 2.33. The summed E-state index contributed by atoms with van der Waals surface area (Å²) >= 11 is 3.37. The summed E-state index contributed by atoms with van der Waals surface area (Å²) in [5.74, 6) is 0.878. The van der Waals surface area contributed by atoms with E-state index in [1.54, 1.807) is 12.1 Å². The van der Waals surface area contributed by atoms with Gasteiger partial charge in [0.25, 0.3) is 0 Å². The SMILES string of the molecule is Cc1cc(Oc2ccc(C(F)(F)F)c(CN)c2)ccc1Br. The summed E-state index contributed by atoms with van der Waals surface area (Å²) in [6.45, 7) is 1.69. The van der Waals surface area contributed by atoms with Crippen molar-refractivity contribution in [3.8, 4) is 11.5 Å². The molecule has 0 aliphatic heterocycles. The maximum absolute atomic E-state index is 12.8. The Labute approximate surface area is 128 Å². The maximum atomic E-state index is 12.8. The average molecular weight is 360 g/mol. The number of hydrogen-bond acceptors (Lipinski definition) is 2. The van der Waals surface area contributed by atoms with Gasteiger partial charge in [0.2, 0.25) is 0 Å². The maximum Gasteiger partial charge on any atom is 0.416 e. The molecule has 0 saturated carbocycles. The van der Waals surface area contributed by atoms with E-state index in [1.807, 2.05) is 13.0 Å². The molecule has 0 radical (unpaired) electrons. The quantitative estimate of drug-likeness (QED) is 0.834. The van der Waals surface area contributed by atoms with E-state index in [0.29, 0.717) is 11.5 Å². The van der Waals surface area contributed by atoms with Gasteiger partial charge < -0.3 is 10.5 Å². The Kier molecular flexibility index (Phi) is 4.58. The zero-order chi connectivity index (χ0) is 15.6. The third-order valence-corrected chi connectivity index (χ3v) is 3.86. The first-order valence-electron chi connectivity index (χ1n) is 6.15. The van der Waals surface area contributed by atoms with Crippen molar-refractivity contribution < 1.29 is 17.9 Å². The van der Waals surface area contributed by atoms with Crippen molar-refractivity contribution >= 4 is 15.9 Å². The lowest BCUT2D eigenvalue weighted by atomic mass is 10.1. The van der Waals surface area contributed by atoms with E-state index in [1.165, 1.54) is 12.1 Å². The van der Waals surface area contributed by atoms with E-state index in [2.05, 4.69) is 15.9 Å². The molecule has 0 unspecified atom stereocenters. The third-order valence-electron chi connectivity index (χ3n) is 2.97. The van der Waals surface area contributed by atoms with Crippen molar-refractivity contribution in [3.63, 3.8) is 0 Å². The molecule has 0 aromatic heterocycles. The molecule has 2 aromatic carbocycles. The lowest BCUT2D eigenvalue weighted by molar-refractivity contribution is -0.138. The molecular formula is C15H13BrF3NO. The van der Waals surface area contributed by atoms with Crippen LogP contribution in [-0.4, -0.2) is 0 Å². The van der Waals surface area contributed by atoms with Crippen LogP contribution in [0.5, 0.6) is 11.5 Å². The molecule has 112 valence electrons. The number of halogens is 4. The van der Waals surface area contributed by atoms with Crippen LogP contribution in [0.25, 0.3) is 0 Å². The molecule has 0 spiro atoms. The van der Waals surface area contributed by atoms with E-state index in [9.17, 15) is 13.2 Å². The standard InChI is InChI=1S/C15H13BrF3NO/c1-9-6-11(3-5-14(9)16)21-12-2-4-13(15(17,18)19)10(7-12)8-20/h2-7H,8,20H2,1H3. The number of hydrogen-bond donors (Lipinski definition) is 1. The molecule has 0 bridgehead atoms. The summed E-state index contributed by atoms with van der Waals surface area (Å²) in [5, 5.41) is 0. The van der Waals surface area contributed by atoms with Gasteiger partial charge >= 0.3 is 6.18 Å². The van der Waals surface area contributed by atoms with Crippen LogP contribution in [0.2, 0.25) is 0 Å². The Morgan fingerprint density at radius 3 is 2.29 bits per heavy atom. The van der Waals surface area contributed by atoms with Crippen LogP contribution in [0.3, 0.4) is 0 Å². The van der Waals surface area contributed by atoms with Crippen molar-refractivity contribution in [1.29, 1.82) is 0 Å². The van der Waals surface area contributed by atoms with Gasteiger partial charge in [-0.15, -0.1) is 0 Å². The summed E-state index contributed by atoms with van der Waals surface area (Å²) in [6, 6.07) is 8.95. The molecular weight excluding hydrogens is 347 g/mol. The molecule has 0 aliphatic carbocycles. The van der Waals surface area contributed by atoms with Crippen LogP contribution in [0, 0.1) is 6.92 Å². The van der Waals surface area contributed by atoms with Gasteiger partial charge in [0, 0.05) is 11.0 Å². The van der Waals surface area contributed by atoms with Crippen molar-refractivity contribution in [1.82, 2.24) is 0 Å². The molecule has 21 heavy (non-hydrogen) atoms. The van der Waals surface area contributed by atoms with Crippen molar-refractivity contribution in [2.24, 2.45) is 5.73 Å². The smallest absolute Gasteiger partial charge is 0.416 e. The fraction of sp³-hybridized carbons (Fsp3) is 0.200. The molecule has 2 rings (SSSR count). The van der Waals surface area contributed by atoms with E-state index in [0.717, 1.165) is 16.1 Å². The van der Waals surface area contributed by atoms with Gasteiger partial charge in [-0.05, 0) is 54.4 Å². The molecule has 0 heterocycles. The average Bonchev–Trinajstić information content (AvgIpc) is 2.41. The van der Waals surface area contributed by atoms with Gasteiger partial charge in [-0.25, -0.2) is 0 Å². The Bertz CT molecular complexity index is 656. The van der Waals surface area contributed by atoms with Gasteiger partial charge in [0.05, 0.1) is 5.56 Å². The minimum Gasteiger partial charge on any atom is -0.457 e. The summed E-state index contributed by atoms with van der Waals surface area (Å²) < 4.78 is 44.9. The number of nitrogens with two attached hydrogens (primary N) is 1. The normalized spacial score (nSPS) is 11.5. The summed E-state index contributed by atoms with van der Waals surface area (Å²) in [6.07, 6.45) is -4.42. The van der Waals surface area contributed by atoms with E-state index in [4.69, 9.17) is 10.5 Å². The van der Waals surface area contributed by atoms with Crippen LogP contribution < -0.4 is 10.5 Å². The first-order chi connectivity index (χ1) is 9.81. The lowest BCUT2D eigenvalue weighted by Crippen LogP contribution is -2.11. The molecule has 2 aromatic rings. The molecule has 0 aliphatic rings. The van der Waals surface area contributed by atoms with Crippen LogP contribution in [0.4, 0.5) is 13.2 Å². The van der Waals surface area contributed by atoms with Crippen molar-refractivity contribution in [2.45, 2.75) is 19.6 Å². The fourth-order valence-corrected chi connectivity index (χ4v) is 2.14. The van der Waals surface area contributed by atoms with Gasteiger partial charge in [-0.1, -0.05) is 15.9 Å². The van der Waals surface area contributed by atoms with Gasteiger partial charge in [-0.2, -0.15) is 13.2 Å². The summed E-state index contributed by atoms with van der Waals surface area (Å²) in [5.41, 5.74) is 5.64.